The lowest BCUT2D eigenvalue weighted by molar-refractivity contribution is -0.302. The second-order valence-corrected chi connectivity index (χ2v) is 22.0. The Labute approximate surface area is 455 Å². The molecule has 1 fully saturated rings. The van der Waals surface area contributed by atoms with Crippen LogP contribution in [0.1, 0.15) is 290 Å². The lowest BCUT2D eigenvalue weighted by Crippen LogP contribution is -2.60. The third-order valence-corrected chi connectivity index (χ3v) is 15.0. The molecule has 8 atom stereocenters. The van der Waals surface area contributed by atoms with Gasteiger partial charge in [0.15, 0.2) is 6.29 Å². The van der Waals surface area contributed by atoms with E-state index >= 15 is 0 Å². The summed E-state index contributed by atoms with van der Waals surface area (Å²) in [6.07, 6.45) is 61.1. The molecule has 7 N–H and O–H groups in total. The molecule has 0 aromatic heterocycles. The number of aliphatic hydroxyl groups excluding tert-OH is 6. The molecule has 1 aliphatic rings. The van der Waals surface area contributed by atoms with Crippen LogP contribution in [0.3, 0.4) is 0 Å². The molecule has 10 heteroatoms. The molecule has 1 aliphatic heterocycles. The summed E-state index contributed by atoms with van der Waals surface area (Å²) in [5, 5.41) is 64.9. The Morgan fingerprint density at radius 1 is 0.473 bits per heavy atom. The normalized spacial score (nSPS) is 19.7. The van der Waals surface area contributed by atoms with E-state index < -0.39 is 61.5 Å². The fourth-order valence-electron chi connectivity index (χ4n) is 9.92. The number of nitrogens with one attached hydrogen (secondary N) is 1. The van der Waals surface area contributed by atoms with Crippen LogP contribution < -0.4 is 5.32 Å². The number of carbonyl (C=O) groups is 1. The van der Waals surface area contributed by atoms with Gasteiger partial charge in [-0.1, -0.05) is 274 Å². The summed E-state index contributed by atoms with van der Waals surface area (Å²) < 4.78 is 11.2. The quantitative estimate of drug-likeness (QED) is 0.0232. The first kappa shape index (κ1) is 70.1. The number of amides is 1. The highest BCUT2D eigenvalue weighted by Crippen LogP contribution is 2.23. The van der Waals surface area contributed by atoms with Crippen molar-refractivity contribution in [3.63, 3.8) is 0 Å². The molecule has 1 heterocycles. The van der Waals surface area contributed by atoms with Gasteiger partial charge >= 0.3 is 0 Å². The van der Waals surface area contributed by atoms with E-state index in [0.717, 1.165) is 38.5 Å². The predicted octanol–water partition coefficient (Wildman–Crippen LogP) is 15.0. The van der Waals surface area contributed by atoms with Crippen LogP contribution >= 0.6 is 0 Å². The van der Waals surface area contributed by atoms with Crippen LogP contribution in [0.4, 0.5) is 0 Å². The fraction of sp³-hybridized carbons (Fsp3) is 0.859. The molecule has 1 saturated heterocycles. The van der Waals surface area contributed by atoms with E-state index in [-0.39, 0.29) is 6.61 Å². The molecule has 74 heavy (non-hydrogen) atoms. The third-order valence-electron chi connectivity index (χ3n) is 15.0. The summed E-state index contributed by atoms with van der Waals surface area (Å²) in [5.74, 6) is -0.625. The van der Waals surface area contributed by atoms with E-state index in [1.54, 1.807) is 6.08 Å². The summed E-state index contributed by atoms with van der Waals surface area (Å²) in [6.45, 7) is 3.60. The zero-order chi connectivity index (χ0) is 53.8. The lowest BCUT2D eigenvalue weighted by Gasteiger charge is -2.40. The van der Waals surface area contributed by atoms with Gasteiger partial charge in [-0.05, 0) is 64.2 Å². The van der Waals surface area contributed by atoms with E-state index in [1.807, 2.05) is 6.08 Å². The van der Waals surface area contributed by atoms with Gasteiger partial charge in [0.2, 0.25) is 5.91 Å². The van der Waals surface area contributed by atoms with Crippen LogP contribution in [-0.2, 0) is 14.3 Å². The van der Waals surface area contributed by atoms with E-state index in [9.17, 15) is 35.4 Å². The van der Waals surface area contributed by atoms with Crippen LogP contribution in [0.2, 0.25) is 0 Å². The summed E-state index contributed by atoms with van der Waals surface area (Å²) in [5.41, 5.74) is 0. The molecule has 0 bridgehead atoms. The van der Waals surface area contributed by atoms with Gasteiger partial charge in [-0.25, -0.2) is 0 Å². The Kier molecular flexibility index (Phi) is 50.3. The predicted molar refractivity (Wildman–Crippen MR) is 310 cm³/mol. The molecule has 0 radical (unpaired) electrons. The highest BCUT2D eigenvalue weighted by molar-refractivity contribution is 5.80. The maximum absolute atomic E-state index is 13.1. The Bertz CT molecular complexity index is 1320. The molecule has 1 amide bonds. The van der Waals surface area contributed by atoms with Crippen LogP contribution in [0.5, 0.6) is 0 Å². The highest BCUT2D eigenvalue weighted by Gasteiger charge is 2.44. The Balaban J connectivity index is 2.12. The molecule has 8 unspecified atom stereocenters. The Morgan fingerprint density at radius 2 is 0.838 bits per heavy atom. The van der Waals surface area contributed by atoms with Crippen molar-refractivity contribution in [1.29, 1.82) is 0 Å². The number of carbonyl (C=O) groups excluding carboxylic acids is 1. The maximum atomic E-state index is 13.1. The van der Waals surface area contributed by atoms with Crippen LogP contribution in [-0.4, -0.2) is 98.7 Å². The van der Waals surface area contributed by atoms with Crippen molar-refractivity contribution in [2.75, 3.05) is 13.2 Å². The Hall–Kier alpha value is -1.89. The van der Waals surface area contributed by atoms with Gasteiger partial charge in [-0.15, -0.1) is 0 Å². The van der Waals surface area contributed by atoms with E-state index in [4.69, 9.17) is 9.47 Å². The fourth-order valence-corrected chi connectivity index (χ4v) is 9.92. The van der Waals surface area contributed by atoms with Crippen LogP contribution in [0, 0.1) is 0 Å². The number of unbranched alkanes of at least 4 members (excludes halogenated alkanes) is 37. The average molecular weight is 1050 g/mol. The molecule has 0 aromatic carbocycles. The van der Waals surface area contributed by atoms with E-state index in [1.165, 1.54) is 218 Å². The number of hydrogen-bond donors (Lipinski definition) is 7. The first-order chi connectivity index (χ1) is 36.3. The SMILES string of the molecule is CCCCCCCCC/C=C/CC/C=C/C(O)C(COC1OC(CO)C(O)C(O)C1O)NC(=O)C(O)CCCCCCCCCCCCCCCCCC/C=C\C/C=C\CCCCCCCCCCCCCCC. The molecule has 1 rings (SSSR count). The van der Waals surface area contributed by atoms with Gasteiger partial charge in [0.25, 0.3) is 0 Å². The van der Waals surface area contributed by atoms with Gasteiger partial charge in [-0.2, -0.15) is 0 Å². The standard InChI is InChI=1S/C64H119NO9/c1-3-5-7-9-11-13-15-17-18-19-20-21-22-23-24-25-26-27-28-29-30-31-32-33-34-35-36-37-38-39-41-43-45-47-49-51-53-58(68)63(72)65-56(55-73-64-62(71)61(70)60(69)59(54-66)74-64)57(67)52-50-48-46-44-42-40-16-14-12-10-8-6-4-2/h24-25,27-28,42,44,50,52,56-62,64,66-71H,3-23,26,29-41,43,45-49,51,53-55H2,1-2H3,(H,65,72)/b25-24-,28-27-,44-42+,52-50+. The third kappa shape index (κ3) is 41.2. The summed E-state index contributed by atoms with van der Waals surface area (Å²) >= 11 is 0. The molecule has 434 valence electrons. The van der Waals surface area contributed by atoms with E-state index in [2.05, 4.69) is 55.6 Å². The molecular formula is C64H119NO9. The van der Waals surface area contributed by atoms with Crippen molar-refractivity contribution in [2.45, 2.75) is 339 Å². The van der Waals surface area contributed by atoms with Crippen LogP contribution in [0.25, 0.3) is 0 Å². The zero-order valence-electron chi connectivity index (χ0n) is 48.0. The minimum absolute atomic E-state index is 0.304. The first-order valence-corrected chi connectivity index (χ1v) is 31.5. The monoisotopic (exact) mass is 1050 g/mol. The summed E-state index contributed by atoms with van der Waals surface area (Å²) in [6, 6.07) is -0.997. The largest absolute Gasteiger partial charge is 0.394 e. The highest BCUT2D eigenvalue weighted by atomic mass is 16.7. The van der Waals surface area contributed by atoms with E-state index in [0.29, 0.717) is 19.3 Å². The minimum Gasteiger partial charge on any atom is -0.394 e. The smallest absolute Gasteiger partial charge is 0.249 e. The first-order valence-electron chi connectivity index (χ1n) is 31.5. The Morgan fingerprint density at radius 3 is 1.26 bits per heavy atom. The molecule has 0 saturated carbocycles. The molecular weight excluding hydrogens is 927 g/mol. The lowest BCUT2D eigenvalue weighted by atomic mass is 9.99. The van der Waals surface area contributed by atoms with Gasteiger partial charge in [-0.3, -0.25) is 4.79 Å². The molecule has 10 nitrogen and oxygen atoms in total. The molecule has 0 spiro atoms. The molecule has 0 aliphatic carbocycles. The topological polar surface area (TPSA) is 169 Å². The number of hydrogen-bond acceptors (Lipinski definition) is 9. The number of aliphatic hydroxyl groups is 6. The van der Waals surface area contributed by atoms with Crippen molar-refractivity contribution in [3.8, 4) is 0 Å². The second-order valence-electron chi connectivity index (χ2n) is 22.0. The second kappa shape index (κ2) is 53.1. The number of allylic oxidation sites excluding steroid dienone is 7. The minimum atomic E-state index is -1.62. The number of rotatable bonds is 54. The van der Waals surface area contributed by atoms with Crippen molar-refractivity contribution in [2.24, 2.45) is 0 Å². The summed E-state index contributed by atoms with van der Waals surface area (Å²) in [4.78, 5) is 13.1. The molecule has 0 aromatic rings. The van der Waals surface area contributed by atoms with Crippen molar-refractivity contribution in [1.82, 2.24) is 5.32 Å². The number of ether oxygens (including phenoxy) is 2. The van der Waals surface area contributed by atoms with Gasteiger partial charge in [0.1, 0.15) is 30.5 Å². The van der Waals surface area contributed by atoms with Crippen LogP contribution in [0.15, 0.2) is 48.6 Å². The maximum Gasteiger partial charge on any atom is 0.249 e. The average Bonchev–Trinajstić information content (AvgIpc) is 3.40. The summed E-state index contributed by atoms with van der Waals surface area (Å²) in [7, 11) is 0. The van der Waals surface area contributed by atoms with Gasteiger partial charge in [0, 0.05) is 0 Å². The van der Waals surface area contributed by atoms with Crippen molar-refractivity contribution in [3.05, 3.63) is 48.6 Å². The zero-order valence-corrected chi connectivity index (χ0v) is 48.0. The van der Waals surface area contributed by atoms with Gasteiger partial charge < -0.3 is 45.4 Å². The van der Waals surface area contributed by atoms with Gasteiger partial charge in [0.05, 0.1) is 25.4 Å². The van der Waals surface area contributed by atoms with Crippen molar-refractivity contribution < 1.29 is 44.9 Å². The van der Waals surface area contributed by atoms with Crippen molar-refractivity contribution >= 4 is 5.91 Å².